The summed E-state index contributed by atoms with van der Waals surface area (Å²) in [7, 11) is -0.837. The minimum Gasteiger partial charge on any atom is -0.405 e. The highest BCUT2D eigenvalue weighted by Gasteiger charge is 2.28. The lowest BCUT2D eigenvalue weighted by Crippen LogP contribution is -2.31. The Hall–Kier alpha value is -3.17. The molecule has 0 aromatic heterocycles. The molecule has 0 unspecified atom stereocenters. The van der Waals surface area contributed by atoms with Gasteiger partial charge in [0.2, 0.25) is 0 Å². The van der Waals surface area contributed by atoms with Gasteiger partial charge in [-0.15, -0.1) is 0 Å². The van der Waals surface area contributed by atoms with Gasteiger partial charge in [0.1, 0.15) is 0 Å². The van der Waals surface area contributed by atoms with Gasteiger partial charge in [-0.25, -0.2) is 0 Å². The van der Waals surface area contributed by atoms with Crippen molar-refractivity contribution >= 4 is 37.7 Å². The molecule has 0 aliphatic carbocycles. The summed E-state index contributed by atoms with van der Waals surface area (Å²) in [6, 6.07) is 32.1. The molecule has 3 fully saturated rings. The number of benzene rings is 4. The average molecular weight is 516 g/mol. The molecule has 0 saturated carbocycles. The predicted molar refractivity (Wildman–Crippen MR) is 155 cm³/mol. The van der Waals surface area contributed by atoms with E-state index in [-0.39, 0.29) is 21.4 Å². The minimum atomic E-state index is -0.279. The van der Waals surface area contributed by atoms with Crippen LogP contribution >= 0.6 is 0 Å². The largest absolute Gasteiger partial charge is 0.494 e. The molecule has 192 valence electrons. The van der Waals surface area contributed by atoms with E-state index in [0.717, 1.165) is 49.8 Å². The molecule has 3 saturated heterocycles. The highest BCUT2D eigenvalue weighted by Crippen LogP contribution is 2.32. The second-order valence-electron chi connectivity index (χ2n) is 9.89. The summed E-state index contributed by atoms with van der Waals surface area (Å²) < 4.78 is 34.0. The van der Waals surface area contributed by atoms with Crippen LogP contribution in [0.2, 0.25) is 0 Å². The Bertz CT molecular complexity index is 1220. The summed E-state index contributed by atoms with van der Waals surface area (Å²) >= 11 is 0. The van der Waals surface area contributed by atoms with Crippen molar-refractivity contribution in [3.8, 4) is 33.4 Å². The molecule has 4 aromatic carbocycles. The van der Waals surface area contributed by atoms with Gasteiger partial charge in [0, 0.05) is 0 Å². The molecule has 0 N–H and O–H groups in total. The fourth-order valence-electron chi connectivity index (χ4n) is 5.28. The third-order valence-electron chi connectivity index (χ3n) is 7.35. The zero-order chi connectivity index (χ0) is 26.0. The maximum Gasteiger partial charge on any atom is 0.494 e. The van der Waals surface area contributed by atoms with Crippen LogP contribution in [0.3, 0.4) is 0 Å². The molecule has 0 amide bonds. The van der Waals surface area contributed by atoms with Gasteiger partial charge in [0.25, 0.3) is 0 Å². The van der Waals surface area contributed by atoms with E-state index in [9.17, 15) is 0 Å². The van der Waals surface area contributed by atoms with E-state index < -0.39 is 0 Å². The number of hydrogen-bond acceptors (Lipinski definition) is 6. The lowest BCUT2D eigenvalue weighted by atomic mass is 9.78. The van der Waals surface area contributed by atoms with Crippen molar-refractivity contribution in [2.45, 2.75) is 0 Å². The Morgan fingerprint density at radius 3 is 0.769 bits per heavy atom. The molecule has 39 heavy (non-hydrogen) atoms. The standard InChI is InChI=1S/C30H27B3O6/c1-7-28(31-34-13-14-35-31)8-2-22(1)25-19-26(23-3-9-29(10-4-23)32-36-15-16-37-32)21-27(20-25)24-5-11-30(12-6-24)33-38-17-18-39-33/h1-12,19-21H,13-18H2. The average Bonchev–Trinajstić information content (AvgIpc) is 3.82. The summed E-state index contributed by atoms with van der Waals surface area (Å²) in [6.45, 7) is 3.79. The summed E-state index contributed by atoms with van der Waals surface area (Å²) in [5.41, 5.74) is 9.92. The Kier molecular flexibility index (Phi) is 7.10. The van der Waals surface area contributed by atoms with Gasteiger partial charge in [-0.2, -0.15) is 0 Å². The summed E-state index contributed by atoms with van der Waals surface area (Å²) in [5, 5.41) is 0. The predicted octanol–water partition coefficient (Wildman–Crippen LogP) is 2.91. The van der Waals surface area contributed by atoms with E-state index in [1.54, 1.807) is 0 Å². The quantitative estimate of drug-likeness (QED) is 0.368. The van der Waals surface area contributed by atoms with Crippen LogP contribution in [0.15, 0.2) is 91.0 Å². The monoisotopic (exact) mass is 516 g/mol. The fraction of sp³-hybridized carbons (Fsp3) is 0.200. The van der Waals surface area contributed by atoms with Gasteiger partial charge >= 0.3 is 21.4 Å². The van der Waals surface area contributed by atoms with E-state index in [1.165, 1.54) is 0 Å². The molecule has 3 aliphatic rings. The highest BCUT2D eigenvalue weighted by molar-refractivity contribution is 6.62. The zero-order valence-corrected chi connectivity index (χ0v) is 21.6. The minimum absolute atomic E-state index is 0.279. The number of rotatable bonds is 6. The zero-order valence-electron chi connectivity index (χ0n) is 21.6. The van der Waals surface area contributed by atoms with Crippen molar-refractivity contribution in [2.24, 2.45) is 0 Å². The van der Waals surface area contributed by atoms with Crippen LogP contribution in [-0.2, 0) is 27.9 Å². The maximum absolute atomic E-state index is 5.67. The second kappa shape index (κ2) is 11.1. The van der Waals surface area contributed by atoms with Gasteiger partial charge in [0.05, 0.1) is 39.6 Å². The Labute approximate surface area is 229 Å². The summed E-state index contributed by atoms with van der Waals surface area (Å²) in [4.78, 5) is 0. The van der Waals surface area contributed by atoms with Crippen LogP contribution in [0.4, 0.5) is 0 Å². The van der Waals surface area contributed by atoms with E-state index in [1.807, 2.05) is 0 Å². The SMILES string of the molecule is c1cc(-c2cc(-c3ccc(B4OCCO4)cc3)cc(-c3ccc(B4OCCO4)cc3)c2)ccc1B1OCCO1. The van der Waals surface area contributed by atoms with E-state index in [2.05, 4.69) is 91.0 Å². The lowest BCUT2D eigenvalue weighted by Gasteiger charge is -2.13. The van der Waals surface area contributed by atoms with Gasteiger partial charge < -0.3 is 27.9 Å². The van der Waals surface area contributed by atoms with E-state index >= 15 is 0 Å². The molecule has 6 nitrogen and oxygen atoms in total. The molecule has 3 heterocycles. The fourth-order valence-corrected chi connectivity index (χ4v) is 5.28. The van der Waals surface area contributed by atoms with Crippen LogP contribution in [0.1, 0.15) is 0 Å². The third-order valence-corrected chi connectivity index (χ3v) is 7.35. The van der Waals surface area contributed by atoms with Crippen molar-refractivity contribution in [3.05, 3.63) is 91.0 Å². The van der Waals surface area contributed by atoms with Gasteiger partial charge in [0.15, 0.2) is 0 Å². The Balaban J connectivity index is 1.24. The molecule has 4 aromatic rings. The highest BCUT2D eigenvalue weighted by atomic mass is 16.6. The third kappa shape index (κ3) is 5.34. The molecule has 0 spiro atoms. The Morgan fingerprint density at radius 2 is 0.538 bits per heavy atom. The van der Waals surface area contributed by atoms with Gasteiger partial charge in [-0.3, -0.25) is 0 Å². The first-order valence-corrected chi connectivity index (χ1v) is 13.5. The maximum atomic E-state index is 5.67. The van der Waals surface area contributed by atoms with Crippen LogP contribution in [0.5, 0.6) is 0 Å². The first-order valence-electron chi connectivity index (χ1n) is 13.5. The van der Waals surface area contributed by atoms with Crippen molar-refractivity contribution in [1.82, 2.24) is 0 Å². The smallest absolute Gasteiger partial charge is 0.405 e. The number of hydrogen-bond donors (Lipinski definition) is 0. The van der Waals surface area contributed by atoms with Crippen molar-refractivity contribution in [1.29, 1.82) is 0 Å². The molecule has 0 radical (unpaired) electrons. The van der Waals surface area contributed by atoms with E-state index in [4.69, 9.17) is 27.9 Å². The first-order chi connectivity index (χ1) is 19.3. The van der Waals surface area contributed by atoms with Crippen LogP contribution in [0.25, 0.3) is 33.4 Å². The molecule has 9 heteroatoms. The topological polar surface area (TPSA) is 55.4 Å². The van der Waals surface area contributed by atoms with Gasteiger partial charge in [-0.1, -0.05) is 72.8 Å². The van der Waals surface area contributed by atoms with E-state index in [0.29, 0.717) is 39.6 Å². The molecular weight excluding hydrogens is 489 g/mol. The van der Waals surface area contributed by atoms with Crippen molar-refractivity contribution < 1.29 is 27.9 Å². The second-order valence-corrected chi connectivity index (χ2v) is 9.89. The van der Waals surface area contributed by atoms with Crippen LogP contribution in [-0.4, -0.2) is 61.0 Å². The molecule has 7 rings (SSSR count). The Morgan fingerprint density at radius 1 is 0.308 bits per heavy atom. The summed E-state index contributed by atoms with van der Waals surface area (Å²) in [5.74, 6) is 0. The van der Waals surface area contributed by atoms with Crippen LogP contribution in [0, 0.1) is 0 Å². The molecule has 0 atom stereocenters. The molecular formula is C30H27B3O6. The summed E-state index contributed by atoms with van der Waals surface area (Å²) in [6.07, 6.45) is 0. The van der Waals surface area contributed by atoms with Crippen molar-refractivity contribution in [3.63, 3.8) is 0 Å². The van der Waals surface area contributed by atoms with Crippen molar-refractivity contribution in [2.75, 3.05) is 39.6 Å². The lowest BCUT2D eigenvalue weighted by molar-refractivity contribution is 0.365. The molecule has 0 bridgehead atoms. The normalized spacial score (nSPS) is 17.4. The van der Waals surface area contributed by atoms with Crippen LogP contribution < -0.4 is 16.4 Å². The molecule has 3 aliphatic heterocycles. The van der Waals surface area contributed by atoms with Gasteiger partial charge in [-0.05, 0) is 68.0 Å². The first kappa shape index (κ1) is 24.8.